The summed E-state index contributed by atoms with van der Waals surface area (Å²) in [6.45, 7) is 6.88. The Hall–Kier alpha value is -0.330. The van der Waals surface area contributed by atoms with Crippen LogP contribution in [0.4, 0.5) is 13.2 Å². The van der Waals surface area contributed by atoms with Gasteiger partial charge in [-0.25, -0.2) is 0 Å². The molecule has 1 heterocycles. The maximum Gasteiger partial charge on any atom is 0.415 e. The highest BCUT2D eigenvalue weighted by atomic mass is 19.4. The number of aliphatic hydroxyl groups is 1. The minimum absolute atomic E-state index is 0.304. The molecule has 1 fully saturated rings. The molecule has 6 heteroatoms. The van der Waals surface area contributed by atoms with Crippen LogP contribution in [0.5, 0.6) is 0 Å². The molecule has 0 aromatic heterocycles. The van der Waals surface area contributed by atoms with Crippen molar-refractivity contribution in [3.05, 3.63) is 0 Å². The molecule has 1 rings (SSSR count). The van der Waals surface area contributed by atoms with E-state index in [-0.39, 0.29) is 6.54 Å². The van der Waals surface area contributed by atoms with Gasteiger partial charge in [0.15, 0.2) is 6.10 Å². The Morgan fingerprint density at radius 3 is 2.41 bits per heavy atom. The maximum absolute atomic E-state index is 12.2. The lowest BCUT2D eigenvalue weighted by Crippen LogP contribution is -2.42. The van der Waals surface area contributed by atoms with Crippen LogP contribution in [0.15, 0.2) is 0 Å². The lowest BCUT2D eigenvalue weighted by atomic mass is 10.2. The zero-order valence-electron chi connectivity index (χ0n) is 10.4. The van der Waals surface area contributed by atoms with Gasteiger partial charge in [-0.1, -0.05) is 13.8 Å². The van der Waals surface area contributed by atoms with Gasteiger partial charge in [-0.05, 0) is 26.1 Å². The molecule has 0 spiro atoms. The third-order valence-electron chi connectivity index (χ3n) is 3.39. The van der Waals surface area contributed by atoms with E-state index in [0.717, 1.165) is 19.5 Å². The van der Waals surface area contributed by atoms with Crippen molar-refractivity contribution in [1.29, 1.82) is 0 Å². The Morgan fingerprint density at radius 2 is 1.94 bits per heavy atom. The number of likely N-dealkylation sites (tertiary alicyclic amines) is 1. The van der Waals surface area contributed by atoms with Gasteiger partial charge in [0.25, 0.3) is 0 Å². The molecule has 3 nitrogen and oxygen atoms in total. The lowest BCUT2D eigenvalue weighted by Gasteiger charge is -2.27. The van der Waals surface area contributed by atoms with E-state index < -0.39 is 12.3 Å². The van der Waals surface area contributed by atoms with Gasteiger partial charge in [0.1, 0.15) is 0 Å². The van der Waals surface area contributed by atoms with Crippen molar-refractivity contribution in [1.82, 2.24) is 9.80 Å². The van der Waals surface area contributed by atoms with Gasteiger partial charge in [0.2, 0.25) is 0 Å². The number of nitrogens with zero attached hydrogens (tertiary/aromatic N) is 2. The van der Waals surface area contributed by atoms with Crippen LogP contribution in [0.2, 0.25) is 0 Å². The normalized spacial score (nSPS) is 24.5. The number of halogens is 3. The first kappa shape index (κ1) is 14.7. The van der Waals surface area contributed by atoms with Gasteiger partial charge in [-0.15, -0.1) is 0 Å². The molecule has 0 radical (unpaired) electrons. The number of hydrogen-bond acceptors (Lipinski definition) is 3. The molecule has 0 aliphatic carbocycles. The Labute approximate surface area is 100 Å². The van der Waals surface area contributed by atoms with Crippen LogP contribution >= 0.6 is 0 Å². The zero-order chi connectivity index (χ0) is 13.1. The van der Waals surface area contributed by atoms with E-state index in [1.54, 1.807) is 4.90 Å². The summed E-state index contributed by atoms with van der Waals surface area (Å²) in [4.78, 5) is 3.95. The first-order valence-electron chi connectivity index (χ1n) is 6.09. The molecule has 1 saturated heterocycles. The molecule has 0 bridgehead atoms. The number of aliphatic hydroxyl groups excluding tert-OH is 1. The van der Waals surface area contributed by atoms with Gasteiger partial charge in [0.05, 0.1) is 0 Å². The Bertz CT molecular complexity index is 231. The molecule has 1 aliphatic heterocycles. The third-order valence-corrected chi connectivity index (χ3v) is 3.39. The second kappa shape index (κ2) is 6.02. The molecule has 0 saturated carbocycles. The summed E-state index contributed by atoms with van der Waals surface area (Å²) in [5, 5.41) is 9.01. The maximum atomic E-state index is 12.2. The molecule has 0 aromatic rings. The van der Waals surface area contributed by atoms with Crippen LogP contribution in [-0.2, 0) is 0 Å². The predicted octanol–water partition coefficient (Wildman–Crippen LogP) is 1.33. The first-order chi connectivity index (χ1) is 7.88. The second-order valence-corrected chi connectivity index (χ2v) is 4.48. The van der Waals surface area contributed by atoms with Crippen LogP contribution in [0.1, 0.15) is 20.3 Å². The molecule has 17 heavy (non-hydrogen) atoms. The molecule has 0 amide bonds. The van der Waals surface area contributed by atoms with Crippen molar-refractivity contribution < 1.29 is 18.3 Å². The summed E-state index contributed by atoms with van der Waals surface area (Å²) < 4.78 is 36.6. The van der Waals surface area contributed by atoms with Gasteiger partial charge >= 0.3 is 6.18 Å². The monoisotopic (exact) mass is 254 g/mol. The van der Waals surface area contributed by atoms with E-state index in [1.807, 2.05) is 0 Å². The first-order valence-corrected chi connectivity index (χ1v) is 6.09. The second-order valence-electron chi connectivity index (χ2n) is 4.48. The quantitative estimate of drug-likeness (QED) is 0.801. The molecule has 2 unspecified atom stereocenters. The Kier molecular flexibility index (Phi) is 5.22. The fourth-order valence-corrected chi connectivity index (χ4v) is 2.36. The summed E-state index contributed by atoms with van der Waals surface area (Å²) in [6.07, 6.45) is -5.85. The van der Waals surface area contributed by atoms with Crippen LogP contribution < -0.4 is 0 Å². The van der Waals surface area contributed by atoms with E-state index in [9.17, 15) is 13.2 Å². The highest BCUT2D eigenvalue weighted by Crippen LogP contribution is 2.23. The summed E-state index contributed by atoms with van der Waals surface area (Å²) in [6, 6.07) is 0.324. The van der Waals surface area contributed by atoms with Crippen molar-refractivity contribution in [3.63, 3.8) is 0 Å². The van der Waals surface area contributed by atoms with Crippen LogP contribution in [0, 0.1) is 0 Å². The smallest absolute Gasteiger partial charge is 0.382 e. The minimum Gasteiger partial charge on any atom is -0.382 e. The molecule has 2 atom stereocenters. The number of β-amino-alcohol motifs (C(OH)–C–C–N with tert-alkyl or cyclic N) is 1. The average Bonchev–Trinajstić information content (AvgIpc) is 2.67. The number of hydrogen-bond donors (Lipinski definition) is 1. The molecule has 1 N–H and O–H groups in total. The van der Waals surface area contributed by atoms with Gasteiger partial charge in [-0.3, -0.25) is 9.80 Å². The summed E-state index contributed by atoms with van der Waals surface area (Å²) in [5.74, 6) is 0. The minimum atomic E-state index is -4.51. The predicted molar refractivity (Wildman–Crippen MR) is 59.8 cm³/mol. The largest absolute Gasteiger partial charge is 0.415 e. The average molecular weight is 254 g/mol. The van der Waals surface area contributed by atoms with Crippen LogP contribution in [0.25, 0.3) is 0 Å². The van der Waals surface area contributed by atoms with Gasteiger partial charge in [0, 0.05) is 19.1 Å². The zero-order valence-corrected chi connectivity index (χ0v) is 10.4. The SMILES string of the molecule is CCN(CC)C1CCN(CC(O)C(F)(F)F)C1. The third kappa shape index (κ3) is 4.12. The molecule has 102 valence electrons. The fourth-order valence-electron chi connectivity index (χ4n) is 2.36. The number of rotatable bonds is 5. The van der Waals surface area contributed by atoms with Crippen LogP contribution in [0.3, 0.4) is 0 Å². The van der Waals surface area contributed by atoms with Crippen molar-refractivity contribution in [2.45, 2.75) is 38.6 Å². The van der Waals surface area contributed by atoms with E-state index in [0.29, 0.717) is 19.1 Å². The summed E-state index contributed by atoms with van der Waals surface area (Å²) >= 11 is 0. The van der Waals surface area contributed by atoms with E-state index in [2.05, 4.69) is 18.7 Å². The summed E-state index contributed by atoms with van der Waals surface area (Å²) in [5.41, 5.74) is 0. The van der Waals surface area contributed by atoms with E-state index in [4.69, 9.17) is 5.11 Å². The molecule has 0 aromatic carbocycles. The fraction of sp³-hybridized carbons (Fsp3) is 1.00. The molecule has 1 aliphatic rings. The Morgan fingerprint density at radius 1 is 1.35 bits per heavy atom. The van der Waals surface area contributed by atoms with E-state index >= 15 is 0 Å². The lowest BCUT2D eigenvalue weighted by molar-refractivity contribution is -0.207. The van der Waals surface area contributed by atoms with Crippen molar-refractivity contribution in [2.24, 2.45) is 0 Å². The number of alkyl halides is 3. The topological polar surface area (TPSA) is 26.7 Å². The van der Waals surface area contributed by atoms with Crippen molar-refractivity contribution in [2.75, 3.05) is 32.7 Å². The molecular formula is C11H21F3N2O. The summed E-state index contributed by atoms with van der Waals surface area (Å²) in [7, 11) is 0. The highest BCUT2D eigenvalue weighted by Gasteiger charge is 2.40. The van der Waals surface area contributed by atoms with Crippen LogP contribution in [-0.4, -0.2) is 66.0 Å². The molecular weight excluding hydrogens is 233 g/mol. The van der Waals surface area contributed by atoms with E-state index in [1.165, 1.54) is 0 Å². The standard InChI is InChI=1S/C11H21F3N2O/c1-3-16(4-2)9-5-6-15(7-9)8-10(17)11(12,13)14/h9-10,17H,3-8H2,1-2H3. The van der Waals surface area contributed by atoms with Gasteiger partial charge < -0.3 is 5.11 Å². The van der Waals surface area contributed by atoms with Crippen molar-refractivity contribution >= 4 is 0 Å². The Balaban J connectivity index is 2.40. The number of likely N-dealkylation sites (N-methyl/N-ethyl adjacent to an activating group) is 1. The van der Waals surface area contributed by atoms with Gasteiger partial charge in [-0.2, -0.15) is 13.2 Å². The highest BCUT2D eigenvalue weighted by molar-refractivity contribution is 4.84. The van der Waals surface area contributed by atoms with Crippen molar-refractivity contribution in [3.8, 4) is 0 Å².